The molecule has 0 aliphatic rings. The minimum Gasteiger partial charge on any atom is -0.488 e. The van der Waals surface area contributed by atoms with Gasteiger partial charge in [-0.15, -0.1) is 0 Å². The summed E-state index contributed by atoms with van der Waals surface area (Å²) >= 11 is 0. The molecule has 0 spiro atoms. The summed E-state index contributed by atoms with van der Waals surface area (Å²) in [5.41, 5.74) is 6.81. The molecule has 3 N–H and O–H groups in total. The fourth-order valence-electron chi connectivity index (χ4n) is 1.64. The van der Waals surface area contributed by atoms with E-state index in [2.05, 4.69) is 19.2 Å². The Labute approximate surface area is 120 Å². The first-order valence-electron chi connectivity index (χ1n) is 6.97. The number of halogens is 1. The third-order valence-corrected chi connectivity index (χ3v) is 2.48. The number of nitrogens with one attached hydrogen (secondary N) is 1. The summed E-state index contributed by atoms with van der Waals surface area (Å²) in [6, 6.07) is 2.86. The van der Waals surface area contributed by atoms with Crippen LogP contribution in [-0.2, 0) is 4.74 Å². The van der Waals surface area contributed by atoms with Crippen molar-refractivity contribution in [3.8, 4) is 5.75 Å². The van der Waals surface area contributed by atoms with Gasteiger partial charge in [-0.1, -0.05) is 13.8 Å². The number of rotatable bonds is 8. The van der Waals surface area contributed by atoms with Crippen LogP contribution in [0.15, 0.2) is 12.1 Å². The highest BCUT2D eigenvalue weighted by atomic mass is 19.1. The Morgan fingerprint density at radius 2 is 1.95 bits per heavy atom. The van der Waals surface area contributed by atoms with E-state index in [4.69, 9.17) is 15.2 Å². The van der Waals surface area contributed by atoms with Crippen molar-refractivity contribution in [2.24, 2.45) is 5.92 Å². The average molecular weight is 284 g/mol. The van der Waals surface area contributed by atoms with Crippen molar-refractivity contribution in [2.75, 3.05) is 30.8 Å². The van der Waals surface area contributed by atoms with Crippen LogP contribution in [-0.4, -0.2) is 25.9 Å². The van der Waals surface area contributed by atoms with Gasteiger partial charge in [0.1, 0.15) is 0 Å². The standard InChI is InChI=1S/C15H25FN2O2/c1-10(2)9-19-6-5-18-14-8-15(20-11(3)4)12(16)7-13(14)17/h7-8,10-11,18H,5-6,9,17H2,1-4H3. The van der Waals surface area contributed by atoms with Gasteiger partial charge >= 0.3 is 0 Å². The molecule has 0 fully saturated rings. The minimum absolute atomic E-state index is 0.0876. The molecular weight excluding hydrogens is 259 g/mol. The van der Waals surface area contributed by atoms with Gasteiger partial charge in [-0.2, -0.15) is 0 Å². The second-order valence-electron chi connectivity index (χ2n) is 5.43. The summed E-state index contributed by atoms with van der Waals surface area (Å²) in [7, 11) is 0. The summed E-state index contributed by atoms with van der Waals surface area (Å²) in [4.78, 5) is 0. The van der Waals surface area contributed by atoms with Crippen molar-refractivity contribution in [1.29, 1.82) is 0 Å². The van der Waals surface area contributed by atoms with Crippen LogP contribution >= 0.6 is 0 Å². The van der Waals surface area contributed by atoms with Crippen LogP contribution < -0.4 is 15.8 Å². The number of hydrogen-bond acceptors (Lipinski definition) is 4. The molecule has 0 heterocycles. The smallest absolute Gasteiger partial charge is 0.167 e. The molecule has 0 aliphatic carbocycles. The van der Waals surface area contributed by atoms with E-state index in [-0.39, 0.29) is 11.9 Å². The van der Waals surface area contributed by atoms with Crippen molar-refractivity contribution in [1.82, 2.24) is 0 Å². The van der Waals surface area contributed by atoms with Crippen molar-refractivity contribution < 1.29 is 13.9 Å². The number of benzene rings is 1. The number of nitrogens with two attached hydrogens (primary N) is 1. The van der Waals surface area contributed by atoms with Crippen LogP contribution in [0.25, 0.3) is 0 Å². The Hall–Kier alpha value is -1.49. The molecule has 0 saturated carbocycles. The van der Waals surface area contributed by atoms with Crippen LogP contribution in [0.4, 0.5) is 15.8 Å². The van der Waals surface area contributed by atoms with Gasteiger partial charge in [0.2, 0.25) is 0 Å². The molecule has 0 aliphatic heterocycles. The van der Waals surface area contributed by atoms with Crippen molar-refractivity contribution in [3.05, 3.63) is 17.9 Å². The normalized spacial score (nSPS) is 11.2. The third kappa shape index (κ3) is 5.65. The van der Waals surface area contributed by atoms with Crippen LogP contribution in [0.5, 0.6) is 5.75 Å². The average Bonchev–Trinajstić information content (AvgIpc) is 2.33. The molecule has 20 heavy (non-hydrogen) atoms. The number of ether oxygens (including phenoxy) is 2. The Morgan fingerprint density at radius 1 is 1.25 bits per heavy atom. The number of anilines is 2. The molecule has 0 amide bonds. The van der Waals surface area contributed by atoms with E-state index in [9.17, 15) is 4.39 Å². The maximum absolute atomic E-state index is 13.7. The van der Waals surface area contributed by atoms with Crippen LogP contribution in [0.2, 0.25) is 0 Å². The van der Waals surface area contributed by atoms with Gasteiger partial charge in [-0.3, -0.25) is 0 Å². The van der Waals surface area contributed by atoms with Crippen molar-refractivity contribution >= 4 is 11.4 Å². The lowest BCUT2D eigenvalue weighted by atomic mass is 10.2. The molecule has 0 atom stereocenters. The third-order valence-electron chi connectivity index (χ3n) is 2.48. The van der Waals surface area contributed by atoms with Gasteiger partial charge in [0.05, 0.1) is 24.1 Å². The lowest BCUT2D eigenvalue weighted by Crippen LogP contribution is -2.14. The van der Waals surface area contributed by atoms with Gasteiger partial charge < -0.3 is 20.5 Å². The fourth-order valence-corrected chi connectivity index (χ4v) is 1.64. The van der Waals surface area contributed by atoms with Crippen LogP contribution in [0.3, 0.4) is 0 Å². The monoisotopic (exact) mass is 284 g/mol. The zero-order chi connectivity index (χ0) is 15.1. The highest BCUT2D eigenvalue weighted by molar-refractivity contribution is 5.68. The van der Waals surface area contributed by atoms with E-state index < -0.39 is 5.82 Å². The van der Waals surface area contributed by atoms with E-state index >= 15 is 0 Å². The van der Waals surface area contributed by atoms with Crippen LogP contribution in [0.1, 0.15) is 27.7 Å². The summed E-state index contributed by atoms with van der Waals surface area (Å²) in [6.07, 6.45) is -0.0876. The molecule has 0 saturated heterocycles. The summed E-state index contributed by atoms with van der Waals surface area (Å²) < 4.78 is 24.5. The van der Waals surface area contributed by atoms with Gasteiger partial charge in [0.25, 0.3) is 0 Å². The van der Waals surface area contributed by atoms with E-state index in [0.717, 1.165) is 6.61 Å². The molecule has 4 nitrogen and oxygen atoms in total. The molecule has 0 aromatic heterocycles. The predicted octanol–water partition coefficient (Wildman–Crippen LogP) is 3.28. The van der Waals surface area contributed by atoms with E-state index in [0.29, 0.717) is 30.4 Å². The SMILES string of the molecule is CC(C)COCCNc1cc(OC(C)C)c(F)cc1N. The molecule has 0 unspecified atom stereocenters. The molecule has 114 valence electrons. The number of nitrogen functional groups attached to an aromatic ring is 1. The quantitative estimate of drug-likeness (QED) is 0.568. The zero-order valence-corrected chi connectivity index (χ0v) is 12.7. The highest BCUT2D eigenvalue weighted by Gasteiger charge is 2.10. The molecule has 0 radical (unpaired) electrons. The van der Waals surface area contributed by atoms with E-state index in [1.165, 1.54) is 6.07 Å². The molecule has 5 heteroatoms. The molecule has 0 bridgehead atoms. The zero-order valence-electron chi connectivity index (χ0n) is 12.7. The minimum atomic E-state index is -0.446. The second-order valence-corrected chi connectivity index (χ2v) is 5.43. The Bertz CT molecular complexity index is 423. The first kappa shape index (κ1) is 16.6. The molecule has 1 aromatic rings. The van der Waals surface area contributed by atoms with Crippen molar-refractivity contribution in [3.63, 3.8) is 0 Å². The van der Waals surface area contributed by atoms with E-state index in [1.54, 1.807) is 6.07 Å². The maximum atomic E-state index is 13.7. The second kappa shape index (κ2) is 7.94. The Morgan fingerprint density at radius 3 is 2.55 bits per heavy atom. The predicted molar refractivity (Wildman–Crippen MR) is 80.7 cm³/mol. The van der Waals surface area contributed by atoms with E-state index in [1.807, 2.05) is 13.8 Å². The maximum Gasteiger partial charge on any atom is 0.167 e. The van der Waals surface area contributed by atoms with Crippen molar-refractivity contribution in [2.45, 2.75) is 33.8 Å². The number of hydrogen-bond donors (Lipinski definition) is 2. The van der Waals surface area contributed by atoms with Gasteiger partial charge in [0.15, 0.2) is 11.6 Å². The fraction of sp³-hybridized carbons (Fsp3) is 0.600. The summed E-state index contributed by atoms with van der Waals surface area (Å²) in [5, 5.41) is 3.13. The lowest BCUT2D eigenvalue weighted by molar-refractivity contribution is 0.118. The molecule has 1 rings (SSSR count). The van der Waals surface area contributed by atoms with Gasteiger partial charge in [-0.25, -0.2) is 4.39 Å². The highest BCUT2D eigenvalue weighted by Crippen LogP contribution is 2.28. The van der Waals surface area contributed by atoms with Gasteiger partial charge in [0, 0.05) is 25.3 Å². The summed E-state index contributed by atoms with van der Waals surface area (Å²) in [6.45, 7) is 9.81. The summed E-state index contributed by atoms with van der Waals surface area (Å²) in [5.74, 6) is 0.273. The molecular formula is C15H25FN2O2. The topological polar surface area (TPSA) is 56.5 Å². The largest absolute Gasteiger partial charge is 0.488 e. The van der Waals surface area contributed by atoms with Crippen LogP contribution in [0, 0.1) is 11.7 Å². The Kier molecular flexibility index (Phi) is 6.58. The molecule has 1 aromatic carbocycles. The first-order chi connectivity index (χ1) is 9.40. The van der Waals surface area contributed by atoms with Gasteiger partial charge in [-0.05, 0) is 19.8 Å². The first-order valence-corrected chi connectivity index (χ1v) is 6.97. The lowest BCUT2D eigenvalue weighted by Gasteiger charge is -2.15. The Balaban J connectivity index is 2.56.